The molecule has 0 bridgehead atoms. The van der Waals surface area contributed by atoms with Crippen molar-refractivity contribution in [3.63, 3.8) is 0 Å². The van der Waals surface area contributed by atoms with E-state index in [9.17, 15) is 4.79 Å². The Bertz CT molecular complexity index is 572. The Morgan fingerprint density at radius 2 is 1.95 bits per heavy atom. The topological polar surface area (TPSA) is 38.3 Å². The van der Waals surface area contributed by atoms with E-state index >= 15 is 0 Å². The van der Waals surface area contributed by atoms with Crippen molar-refractivity contribution in [3.8, 4) is 5.75 Å². The van der Waals surface area contributed by atoms with Gasteiger partial charge in [-0.15, -0.1) is 11.6 Å². The van der Waals surface area contributed by atoms with Crippen LogP contribution in [0.4, 0.5) is 0 Å². The lowest BCUT2D eigenvalue weighted by molar-refractivity contribution is -0.121. The minimum absolute atomic E-state index is 0.219. The first-order chi connectivity index (χ1) is 9.70. The van der Waals surface area contributed by atoms with Crippen molar-refractivity contribution in [2.24, 2.45) is 0 Å². The molecule has 0 saturated carbocycles. The van der Waals surface area contributed by atoms with E-state index < -0.39 is 5.38 Å². The lowest BCUT2D eigenvalue weighted by Gasteiger charge is -2.12. The van der Waals surface area contributed by atoms with Crippen LogP contribution in [0.25, 0.3) is 0 Å². The highest BCUT2D eigenvalue weighted by Gasteiger charge is 2.17. The van der Waals surface area contributed by atoms with E-state index in [-0.39, 0.29) is 5.91 Å². The second kappa shape index (κ2) is 6.96. The average Bonchev–Trinajstić information content (AvgIpc) is 2.53. The molecule has 3 nitrogen and oxygen atoms in total. The standard InChI is InChI=1S/C16H16ClNO2/c1-20-14-9-5-8-13(10-14)15(17)16(19)18-11-12-6-3-2-4-7-12/h2-10,15H,11H2,1H3,(H,18,19). The predicted molar refractivity (Wildman–Crippen MR) is 79.9 cm³/mol. The summed E-state index contributed by atoms with van der Waals surface area (Å²) in [6.07, 6.45) is 0. The largest absolute Gasteiger partial charge is 0.497 e. The first-order valence-corrected chi connectivity index (χ1v) is 6.74. The third-order valence-corrected chi connectivity index (χ3v) is 3.38. The van der Waals surface area contributed by atoms with Crippen molar-refractivity contribution in [1.82, 2.24) is 5.32 Å². The van der Waals surface area contributed by atoms with E-state index in [1.165, 1.54) is 0 Å². The van der Waals surface area contributed by atoms with Gasteiger partial charge in [0.15, 0.2) is 0 Å². The summed E-state index contributed by atoms with van der Waals surface area (Å²) in [5.74, 6) is 0.466. The minimum Gasteiger partial charge on any atom is -0.497 e. The molecule has 0 radical (unpaired) electrons. The maximum absolute atomic E-state index is 12.0. The molecule has 0 aliphatic rings. The number of ether oxygens (including phenoxy) is 1. The van der Waals surface area contributed by atoms with Crippen LogP contribution in [0, 0.1) is 0 Å². The SMILES string of the molecule is COc1cccc(C(Cl)C(=O)NCc2ccccc2)c1. The Balaban J connectivity index is 1.98. The summed E-state index contributed by atoms with van der Waals surface area (Å²) in [4.78, 5) is 12.0. The van der Waals surface area contributed by atoms with Crippen LogP contribution in [0.5, 0.6) is 5.75 Å². The Labute approximate surface area is 123 Å². The number of methoxy groups -OCH3 is 1. The highest BCUT2D eigenvalue weighted by Crippen LogP contribution is 2.24. The fraction of sp³-hybridized carbons (Fsp3) is 0.188. The van der Waals surface area contributed by atoms with Crippen LogP contribution < -0.4 is 10.1 Å². The zero-order valence-corrected chi connectivity index (χ0v) is 11.9. The van der Waals surface area contributed by atoms with E-state index in [1.54, 1.807) is 13.2 Å². The van der Waals surface area contributed by atoms with Crippen molar-refractivity contribution in [1.29, 1.82) is 0 Å². The molecule has 1 N–H and O–H groups in total. The number of amides is 1. The van der Waals surface area contributed by atoms with Crippen molar-refractivity contribution in [2.75, 3.05) is 7.11 Å². The second-order valence-electron chi connectivity index (χ2n) is 4.34. The Kier molecular flexibility index (Phi) is 5.02. The quantitative estimate of drug-likeness (QED) is 0.858. The van der Waals surface area contributed by atoms with E-state index in [0.29, 0.717) is 12.3 Å². The first-order valence-electron chi connectivity index (χ1n) is 6.30. The van der Waals surface area contributed by atoms with Gasteiger partial charge < -0.3 is 10.1 Å². The van der Waals surface area contributed by atoms with Gasteiger partial charge in [-0.1, -0.05) is 42.5 Å². The van der Waals surface area contributed by atoms with Gasteiger partial charge >= 0.3 is 0 Å². The average molecular weight is 290 g/mol. The van der Waals surface area contributed by atoms with Gasteiger partial charge in [-0.05, 0) is 23.3 Å². The molecule has 0 heterocycles. The number of halogens is 1. The molecule has 1 amide bonds. The monoisotopic (exact) mass is 289 g/mol. The highest BCUT2D eigenvalue weighted by atomic mass is 35.5. The first kappa shape index (κ1) is 14.4. The van der Waals surface area contributed by atoms with Crippen molar-refractivity contribution < 1.29 is 9.53 Å². The zero-order chi connectivity index (χ0) is 14.4. The van der Waals surface area contributed by atoms with Crippen LogP contribution in [0.15, 0.2) is 54.6 Å². The highest BCUT2D eigenvalue weighted by molar-refractivity contribution is 6.30. The smallest absolute Gasteiger partial charge is 0.242 e. The number of nitrogens with one attached hydrogen (secondary N) is 1. The van der Waals surface area contributed by atoms with E-state index in [4.69, 9.17) is 16.3 Å². The summed E-state index contributed by atoms with van der Waals surface area (Å²) in [6, 6.07) is 16.9. The summed E-state index contributed by atoms with van der Waals surface area (Å²) in [7, 11) is 1.58. The summed E-state index contributed by atoms with van der Waals surface area (Å²) >= 11 is 6.18. The van der Waals surface area contributed by atoms with Gasteiger partial charge in [0.25, 0.3) is 0 Å². The lowest BCUT2D eigenvalue weighted by Crippen LogP contribution is -2.26. The molecule has 2 aromatic rings. The molecular formula is C16H16ClNO2. The molecule has 0 aliphatic heterocycles. The molecule has 1 unspecified atom stereocenters. The van der Waals surface area contributed by atoms with Crippen LogP contribution in [-0.2, 0) is 11.3 Å². The van der Waals surface area contributed by atoms with E-state index in [2.05, 4.69) is 5.32 Å². The predicted octanol–water partition coefficient (Wildman–Crippen LogP) is 3.29. The molecule has 2 aromatic carbocycles. The fourth-order valence-electron chi connectivity index (χ4n) is 1.83. The van der Waals surface area contributed by atoms with Gasteiger partial charge in [0.2, 0.25) is 5.91 Å². The lowest BCUT2D eigenvalue weighted by atomic mass is 10.1. The van der Waals surface area contributed by atoms with Crippen molar-refractivity contribution in [2.45, 2.75) is 11.9 Å². The summed E-state index contributed by atoms with van der Waals surface area (Å²) < 4.78 is 5.12. The number of benzene rings is 2. The Morgan fingerprint density at radius 3 is 2.65 bits per heavy atom. The van der Waals surface area contributed by atoms with Crippen LogP contribution in [0.1, 0.15) is 16.5 Å². The molecule has 1 atom stereocenters. The van der Waals surface area contributed by atoms with Crippen LogP contribution in [0.2, 0.25) is 0 Å². The molecule has 2 rings (SSSR count). The summed E-state index contributed by atoms with van der Waals surface area (Å²) in [5, 5.41) is 2.10. The fourth-order valence-corrected chi connectivity index (χ4v) is 2.04. The van der Waals surface area contributed by atoms with Gasteiger partial charge in [-0.25, -0.2) is 0 Å². The molecule has 104 valence electrons. The number of alkyl halides is 1. The number of carbonyl (C=O) groups is 1. The molecular weight excluding hydrogens is 274 g/mol. The van der Waals surface area contributed by atoms with Gasteiger partial charge in [-0.3, -0.25) is 4.79 Å². The van der Waals surface area contributed by atoms with Gasteiger partial charge in [0.05, 0.1) is 7.11 Å². The van der Waals surface area contributed by atoms with Gasteiger partial charge in [-0.2, -0.15) is 0 Å². The van der Waals surface area contributed by atoms with Gasteiger partial charge in [0.1, 0.15) is 11.1 Å². The molecule has 4 heteroatoms. The van der Waals surface area contributed by atoms with Crippen molar-refractivity contribution >= 4 is 17.5 Å². The summed E-state index contributed by atoms with van der Waals surface area (Å²) in [6.45, 7) is 0.465. The molecule has 0 saturated heterocycles. The van der Waals surface area contributed by atoms with Crippen LogP contribution in [0.3, 0.4) is 0 Å². The maximum atomic E-state index is 12.0. The van der Waals surface area contributed by atoms with E-state index in [0.717, 1.165) is 11.1 Å². The number of carbonyl (C=O) groups excluding carboxylic acids is 1. The number of hydrogen-bond acceptors (Lipinski definition) is 2. The molecule has 0 fully saturated rings. The normalized spacial score (nSPS) is 11.7. The summed E-state index contributed by atoms with van der Waals surface area (Å²) in [5.41, 5.74) is 1.76. The Morgan fingerprint density at radius 1 is 1.20 bits per heavy atom. The third-order valence-electron chi connectivity index (χ3n) is 2.93. The zero-order valence-electron chi connectivity index (χ0n) is 11.2. The second-order valence-corrected chi connectivity index (χ2v) is 4.78. The van der Waals surface area contributed by atoms with Gasteiger partial charge in [0, 0.05) is 6.54 Å². The minimum atomic E-state index is -0.728. The van der Waals surface area contributed by atoms with Crippen LogP contribution >= 0.6 is 11.6 Å². The van der Waals surface area contributed by atoms with E-state index in [1.807, 2.05) is 48.5 Å². The maximum Gasteiger partial charge on any atom is 0.242 e. The van der Waals surface area contributed by atoms with Crippen LogP contribution in [-0.4, -0.2) is 13.0 Å². The molecule has 0 aromatic heterocycles. The molecule has 0 spiro atoms. The number of hydrogen-bond donors (Lipinski definition) is 1. The third kappa shape index (κ3) is 3.75. The Hall–Kier alpha value is -2.00. The molecule has 0 aliphatic carbocycles. The molecule has 20 heavy (non-hydrogen) atoms. The van der Waals surface area contributed by atoms with Crippen molar-refractivity contribution in [3.05, 3.63) is 65.7 Å². The number of rotatable bonds is 5.